The lowest BCUT2D eigenvalue weighted by molar-refractivity contribution is -0.140. The Kier molecular flexibility index (Phi) is 7.21. The summed E-state index contributed by atoms with van der Waals surface area (Å²) in [5.74, 6) is -0.334. The van der Waals surface area contributed by atoms with Gasteiger partial charge in [-0.15, -0.1) is 0 Å². The van der Waals surface area contributed by atoms with Gasteiger partial charge >= 0.3 is 5.97 Å². The minimum Gasteiger partial charge on any atom is -0.469 e. The van der Waals surface area contributed by atoms with Crippen molar-refractivity contribution >= 4 is 18.1 Å². The van der Waals surface area contributed by atoms with E-state index in [1.165, 1.54) is 12.7 Å². The van der Waals surface area contributed by atoms with E-state index >= 15 is 0 Å². The second kappa shape index (κ2) is 10.5. The Morgan fingerprint density at radius 2 is 1.85 bits per heavy atom. The second-order valence-corrected chi connectivity index (χ2v) is 8.71. The predicted octanol–water partition coefficient (Wildman–Crippen LogP) is 4.94. The summed E-state index contributed by atoms with van der Waals surface area (Å²) in [7, 11) is 3.18. The first kappa shape index (κ1) is 23.4. The molecule has 1 unspecified atom stereocenters. The molecule has 1 heterocycles. The Morgan fingerprint density at radius 1 is 1.06 bits per heavy atom. The molecule has 174 valence electrons. The first-order valence-electron chi connectivity index (χ1n) is 11.6. The van der Waals surface area contributed by atoms with Gasteiger partial charge < -0.3 is 9.64 Å². The molecule has 3 aromatic rings. The molecule has 0 saturated carbocycles. The maximum absolute atomic E-state index is 13.0. The van der Waals surface area contributed by atoms with Gasteiger partial charge in [-0.3, -0.25) is 14.6 Å². The van der Waals surface area contributed by atoms with Gasteiger partial charge in [0.1, 0.15) is 0 Å². The lowest BCUT2D eigenvalue weighted by Crippen LogP contribution is -2.36. The van der Waals surface area contributed by atoms with Crippen molar-refractivity contribution in [3.8, 4) is 0 Å². The molecule has 0 saturated heterocycles. The SMILES string of the molecule is C/N=C/c1ccc(C(CC(=O)OC)c2ccc3c(c2)CN(C(=O)c2ccccc2)CC3)c(C)c1. The van der Waals surface area contributed by atoms with Crippen LogP contribution in [-0.2, 0) is 22.5 Å². The Hall–Kier alpha value is -3.73. The van der Waals surface area contributed by atoms with E-state index in [-0.39, 0.29) is 24.2 Å². The zero-order chi connectivity index (χ0) is 24.1. The minimum atomic E-state index is -0.248. The molecule has 1 aliphatic heterocycles. The molecular formula is C29H30N2O3. The van der Waals surface area contributed by atoms with Crippen LogP contribution < -0.4 is 0 Å². The van der Waals surface area contributed by atoms with Crippen LogP contribution in [0.2, 0.25) is 0 Å². The highest BCUT2D eigenvalue weighted by Gasteiger charge is 2.25. The van der Waals surface area contributed by atoms with Crippen LogP contribution >= 0.6 is 0 Å². The van der Waals surface area contributed by atoms with E-state index in [4.69, 9.17) is 4.74 Å². The summed E-state index contributed by atoms with van der Waals surface area (Å²) in [4.78, 5) is 31.4. The number of fused-ring (bicyclic) bond motifs is 1. The number of benzene rings is 3. The summed E-state index contributed by atoms with van der Waals surface area (Å²) in [5.41, 5.74) is 7.37. The molecule has 3 aromatic carbocycles. The fourth-order valence-electron chi connectivity index (χ4n) is 4.71. The number of hydrogen-bond acceptors (Lipinski definition) is 4. The number of aryl methyl sites for hydroxylation is 1. The number of nitrogens with zero attached hydrogens (tertiary/aromatic N) is 2. The van der Waals surface area contributed by atoms with E-state index < -0.39 is 0 Å². The number of aliphatic imine (C=N–C) groups is 1. The van der Waals surface area contributed by atoms with Gasteiger partial charge in [0, 0.05) is 37.8 Å². The zero-order valence-electron chi connectivity index (χ0n) is 20.0. The standard InChI is InChI=1S/C29H30N2O3/c1-20-15-21(18-30-2)9-12-26(20)27(17-28(32)34-3)24-11-10-22-13-14-31(19-25(22)16-24)29(33)23-7-5-4-6-8-23/h4-12,15-16,18,27H,13-14,17,19H2,1-3H3/b30-18+. The quantitative estimate of drug-likeness (QED) is 0.392. The highest BCUT2D eigenvalue weighted by molar-refractivity contribution is 5.94. The van der Waals surface area contributed by atoms with E-state index in [2.05, 4.69) is 42.2 Å². The van der Waals surface area contributed by atoms with Crippen molar-refractivity contribution in [3.05, 3.63) is 106 Å². The Balaban J connectivity index is 1.66. The maximum atomic E-state index is 13.0. The van der Waals surface area contributed by atoms with Crippen LogP contribution in [0, 0.1) is 6.92 Å². The molecular weight excluding hydrogens is 424 g/mol. The molecule has 5 nitrogen and oxygen atoms in total. The Bertz CT molecular complexity index is 1220. The number of carbonyl (C=O) groups excluding carboxylic acids is 2. The summed E-state index contributed by atoms with van der Waals surface area (Å²) in [6.45, 7) is 3.32. The van der Waals surface area contributed by atoms with Crippen molar-refractivity contribution in [3.63, 3.8) is 0 Å². The molecule has 0 N–H and O–H groups in total. The maximum Gasteiger partial charge on any atom is 0.306 e. The summed E-state index contributed by atoms with van der Waals surface area (Å²) >= 11 is 0. The molecule has 0 aromatic heterocycles. The van der Waals surface area contributed by atoms with Crippen LogP contribution in [0.3, 0.4) is 0 Å². The molecule has 1 atom stereocenters. The van der Waals surface area contributed by atoms with Gasteiger partial charge in [0.25, 0.3) is 5.91 Å². The van der Waals surface area contributed by atoms with Gasteiger partial charge in [-0.05, 0) is 58.9 Å². The zero-order valence-corrected chi connectivity index (χ0v) is 20.0. The molecule has 1 amide bonds. The van der Waals surface area contributed by atoms with Gasteiger partial charge in [-0.1, -0.05) is 54.6 Å². The largest absolute Gasteiger partial charge is 0.469 e. The summed E-state index contributed by atoms with van der Waals surface area (Å²) < 4.78 is 5.02. The normalized spacial score (nSPS) is 14.0. The number of carbonyl (C=O) groups is 2. The van der Waals surface area contributed by atoms with Gasteiger partial charge in [0.2, 0.25) is 0 Å². The fraction of sp³-hybridized carbons (Fsp3) is 0.276. The molecule has 34 heavy (non-hydrogen) atoms. The van der Waals surface area contributed by atoms with Gasteiger partial charge in [-0.25, -0.2) is 0 Å². The van der Waals surface area contributed by atoms with Crippen LogP contribution in [0.1, 0.15) is 56.1 Å². The van der Waals surface area contributed by atoms with Gasteiger partial charge in [0.15, 0.2) is 0 Å². The van der Waals surface area contributed by atoms with Crippen molar-refractivity contribution in [2.75, 3.05) is 20.7 Å². The number of rotatable bonds is 6. The lowest BCUT2D eigenvalue weighted by Gasteiger charge is -2.30. The van der Waals surface area contributed by atoms with Crippen LogP contribution in [0.15, 0.2) is 71.7 Å². The first-order valence-corrected chi connectivity index (χ1v) is 11.6. The van der Waals surface area contributed by atoms with Gasteiger partial charge in [-0.2, -0.15) is 0 Å². The first-order chi connectivity index (χ1) is 16.5. The highest BCUT2D eigenvalue weighted by Crippen LogP contribution is 2.33. The highest BCUT2D eigenvalue weighted by atomic mass is 16.5. The van der Waals surface area contributed by atoms with Crippen molar-refractivity contribution in [2.45, 2.75) is 32.2 Å². The van der Waals surface area contributed by atoms with E-state index in [9.17, 15) is 9.59 Å². The Labute approximate surface area is 201 Å². The summed E-state index contributed by atoms with van der Waals surface area (Å²) in [6.07, 6.45) is 2.90. The molecule has 1 aliphatic rings. The number of esters is 1. The van der Waals surface area contributed by atoms with Crippen LogP contribution in [0.4, 0.5) is 0 Å². The van der Waals surface area contributed by atoms with E-state index in [1.807, 2.05) is 47.5 Å². The minimum absolute atomic E-state index is 0.0479. The number of hydrogen-bond donors (Lipinski definition) is 0. The average Bonchev–Trinajstić information content (AvgIpc) is 2.87. The number of ether oxygens (including phenoxy) is 1. The molecule has 0 spiro atoms. The number of methoxy groups -OCH3 is 1. The van der Waals surface area contributed by atoms with E-state index in [1.54, 1.807) is 7.05 Å². The van der Waals surface area contributed by atoms with Crippen molar-refractivity contribution < 1.29 is 14.3 Å². The van der Waals surface area contributed by atoms with Crippen LogP contribution in [0.5, 0.6) is 0 Å². The van der Waals surface area contributed by atoms with Gasteiger partial charge in [0.05, 0.1) is 13.5 Å². The molecule has 5 heteroatoms. The van der Waals surface area contributed by atoms with Crippen molar-refractivity contribution in [1.82, 2.24) is 4.90 Å². The fourth-order valence-corrected chi connectivity index (χ4v) is 4.71. The van der Waals surface area contributed by atoms with Crippen molar-refractivity contribution in [2.24, 2.45) is 4.99 Å². The van der Waals surface area contributed by atoms with Crippen LogP contribution in [0.25, 0.3) is 0 Å². The third-order valence-corrected chi connectivity index (χ3v) is 6.50. The molecule has 0 aliphatic carbocycles. The van der Waals surface area contributed by atoms with Crippen molar-refractivity contribution in [1.29, 1.82) is 0 Å². The van der Waals surface area contributed by atoms with E-state index in [0.717, 1.165) is 34.2 Å². The molecule has 4 rings (SSSR count). The summed E-state index contributed by atoms with van der Waals surface area (Å²) in [5, 5.41) is 0. The molecule has 0 radical (unpaired) electrons. The predicted molar refractivity (Wildman–Crippen MR) is 135 cm³/mol. The second-order valence-electron chi connectivity index (χ2n) is 8.71. The average molecular weight is 455 g/mol. The summed E-state index contributed by atoms with van der Waals surface area (Å²) in [6, 6.07) is 22.0. The number of amides is 1. The monoisotopic (exact) mass is 454 g/mol. The third-order valence-electron chi connectivity index (χ3n) is 6.50. The van der Waals surface area contributed by atoms with Crippen LogP contribution in [-0.4, -0.2) is 43.7 Å². The topological polar surface area (TPSA) is 59.0 Å². The smallest absolute Gasteiger partial charge is 0.306 e. The molecule has 0 bridgehead atoms. The van der Waals surface area contributed by atoms with E-state index in [0.29, 0.717) is 18.7 Å². The third kappa shape index (κ3) is 5.09. The molecule has 0 fully saturated rings. The lowest BCUT2D eigenvalue weighted by atomic mass is 9.83. The Morgan fingerprint density at radius 3 is 2.56 bits per heavy atom.